The molecule has 3 aromatic rings. The van der Waals surface area contributed by atoms with Crippen LogP contribution >= 0.6 is 0 Å². The van der Waals surface area contributed by atoms with Crippen molar-refractivity contribution in [2.45, 2.75) is 56.2 Å². The number of aromatic nitrogens is 2. The van der Waals surface area contributed by atoms with Crippen LogP contribution in [-0.4, -0.2) is 52.1 Å². The fraction of sp³-hybridized carbons (Fsp3) is 0.444. The molecule has 0 saturated carbocycles. The van der Waals surface area contributed by atoms with Gasteiger partial charge in [-0.1, -0.05) is 36.4 Å². The second-order valence-corrected chi connectivity index (χ2v) is 9.99. The van der Waals surface area contributed by atoms with E-state index in [9.17, 15) is 5.11 Å². The zero-order valence-electron chi connectivity index (χ0n) is 19.1. The van der Waals surface area contributed by atoms with Crippen LogP contribution in [0.2, 0.25) is 0 Å². The molecule has 5 heteroatoms. The third-order valence-corrected chi connectivity index (χ3v) is 8.51. The number of benzene rings is 2. The second kappa shape index (κ2) is 6.93. The van der Waals surface area contributed by atoms with Crippen LogP contribution in [0, 0.1) is 6.92 Å². The SMILES string of the molecule is COc1ccc2c(c1)[C@]13CCN(C)[C@H](C2)[C@]1(O)Cc1c(C)nn(Cc2ccccc2)c1C3. The summed E-state index contributed by atoms with van der Waals surface area (Å²) in [5.74, 6) is 0.873. The molecule has 1 saturated heterocycles. The Morgan fingerprint density at radius 2 is 1.97 bits per heavy atom. The Labute approximate surface area is 189 Å². The fourth-order valence-electron chi connectivity index (χ4n) is 6.79. The summed E-state index contributed by atoms with van der Waals surface area (Å²) in [5.41, 5.74) is 6.33. The molecule has 2 heterocycles. The standard InChI is InChI=1S/C27H31N3O2/c1-18-22-15-27(31)25-13-20-9-10-21(32-3)14-23(20)26(27,11-12-29(25)2)16-24(22)30(28-18)17-19-7-5-4-6-8-19/h4-10,14,25,31H,11-13,15-17H2,1-3H3/t25-,26-,27-/m1/s1. The summed E-state index contributed by atoms with van der Waals surface area (Å²) in [6.45, 7) is 3.85. The molecule has 0 amide bonds. The number of ether oxygens (including phenoxy) is 1. The van der Waals surface area contributed by atoms with Crippen molar-refractivity contribution >= 4 is 0 Å². The van der Waals surface area contributed by atoms with Crippen LogP contribution in [0.1, 0.15) is 40.1 Å². The van der Waals surface area contributed by atoms with Crippen LogP contribution in [0.3, 0.4) is 0 Å². The summed E-state index contributed by atoms with van der Waals surface area (Å²) in [4.78, 5) is 2.38. The number of likely N-dealkylation sites (tertiary alicyclic amines) is 1. The molecule has 2 aliphatic carbocycles. The molecule has 32 heavy (non-hydrogen) atoms. The van der Waals surface area contributed by atoms with Gasteiger partial charge in [-0.05, 0) is 67.7 Å². The maximum Gasteiger partial charge on any atom is 0.119 e. The lowest BCUT2D eigenvalue weighted by Gasteiger charge is -2.63. The highest BCUT2D eigenvalue weighted by Gasteiger charge is 2.64. The molecule has 2 bridgehead atoms. The topological polar surface area (TPSA) is 50.5 Å². The van der Waals surface area contributed by atoms with Crippen molar-refractivity contribution < 1.29 is 9.84 Å². The maximum atomic E-state index is 12.5. The molecule has 0 unspecified atom stereocenters. The smallest absolute Gasteiger partial charge is 0.119 e. The average Bonchev–Trinajstić information content (AvgIpc) is 3.08. The van der Waals surface area contributed by atoms with Crippen molar-refractivity contribution in [3.8, 4) is 5.75 Å². The third-order valence-electron chi connectivity index (χ3n) is 8.51. The summed E-state index contributed by atoms with van der Waals surface area (Å²) in [5, 5.41) is 17.5. The average molecular weight is 430 g/mol. The van der Waals surface area contributed by atoms with E-state index >= 15 is 0 Å². The van der Waals surface area contributed by atoms with Gasteiger partial charge in [0.1, 0.15) is 5.75 Å². The number of piperidine rings is 1. The molecule has 166 valence electrons. The van der Waals surface area contributed by atoms with Crippen LogP contribution in [0.4, 0.5) is 0 Å². The number of likely N-dealkylation sites (N-methyl/N-ethyl adjacent to an activating group) is 1. The van der Waals surface area contributed by atoms with Gasteiger partial charge in [0.25, 0.3) is 0 Å². The minimum absolute atomic E-state index is 0.113. The molecule has 1 N–H and O–H groups in total. The number of aryl methyl sites for hydroxylation is 1. The van der Waals surface area contributed by atoms with Gasteiger partial charge < -0.3 is 14.7 Å². The highest BCUT2D eigenvalue weighted by molar-refractivity contribution is 5.52. The van der Waals surface area contributed by atoms with E-state index in [-0.39, 0.29) is 11.5 Å². The van der Waals surface area contributed by atoms with Crippen molar-refractivity contribution in [3.63, 3.8) is 0 Å². The number of nitrogens with zero attached hydrogens (tertiary/aromatic N) is 3. The zero-order chi connectivity index (χ0) is 22.1. The predicted molar refractivity (Wildman–Crippen MR) is 124 cm³/mol. The Balaban J connectivity index is 1.53. The molecule has 3 atom stereocenters. The second-order valence-electron chi connectivity index (χ2n) is 9.99. The first-order valence-electron chi connectivity index (χ1n) is 11.6. The minimum Gasteiger partial charge on any atom is -0.497 e. The lowest BCUT2D eigenvalue weighted by molar-refractivity contribution is -0.145. The predicted octanol–water partition coefficient (Wildman–Crippen LogP) is 3.28. The van der Waals surface area contributed by atoms with Gasteiger partial charge in [0.15, 0.2) is 0 Å². The van der Waals surface area contributed by atoms with E-state index in [1.807, 2.05) is 0 Å². The molecule has 5 nitrogen and oxygen atoms in total. The molecule has 1 aromatic heterocycles. The van der Waals surface area contributed by atoms with Crippen LogP contribution in [0.25, 0.3) is 0 Å². The van der Waals surface area contributed by atoms with Crippen LogP contribution < -0.4 is 4.74 Å². The van der Waals surface area contributed by atoms with E-state index in [0.29, 0.717) is 6.42 Å². The molecule has 1 fully saturated rings. The fourth-order valence-corrected chi connectivity index (χ4v) is 6.79. The van der Waals surface area contributed by atoms with Crippen molar-refractivity contribution in [2.24, 2.45) is 0 Å². The van der Waals surface area contributed by atoms with Gasteiger partial charge >= 0.3 is 0 Å². The molecule has 0 spiro atoms. The quantitative estimate of drug-likeness (QED) is 0.694. The zero-order valence-corrected chi connectivity index (χ0v) is 19.1. The van der Waals surface area contributed by atoms with Crippen LogP contribution in [-0.2, 0) is 31.2 Å². The molecule has 0 radical (unpaired) electrons. The Kier molecular flexibility index (Phi) is 4.33. The van der Waals surface area contributed by atoms with Gasteiger partial charge in [-0.25, -0.2) is 0 Å². The van der Waals surface area contributed by atoms with Gasteiger partial charge in [0, 0.05) is 30.0 Å². The number of hydrogen-bond donors (Lipinski definition) is 1. The van der Waals surface area contributed by atoms with E-state index < -0.39 is 5.60 Å². The van der Waals surface area contributed by atoms with Crippen molar-refractivity contribution in [1.82, 2.24) is 14.7 Å². The first-order chi connectivity index (χ1) is 15.4. The number of fused-ring (bicyclic) bond motifs is 2. The van der Waals surface area contributed by atoms with Crippen molar-refractivity contribution in [2.75, 3.05) is 20.7 Å². The van der Waals surface area contributed by atoms with Gasteiger partial charge in [-0.2, -0.15) is 5.10 Å². The number of hydrogen-bond acceptors (Lipinski definition) is 4. The Bertz CT molecular complexity index is 1190. The molecular formula is C27H31N3O2. The number of aliphatic hydroxyl groups is 1. The Morgan fingerprint density at radius 3 is 2.75 bits per heavy atom. The summed E-state index contributed by atoms with van der Waals surface area (Å²) in [6, 6.07) is 17.1. The highest BCUT2D eigenvalue weighted by atomic mass is 16.5. The van der Waals surface area contributed by atoms with Crippen molar-refractivity contribution in [1.29, 1.82) is 0 Å². The van der Waals surface area contributed by atoms with Gasteiger partial charge in [0.2, 0.25) is 0 Å². The third kappa shape index (κ3) is 2.61. The van der Waals surface area contributed by atoms with E-state index in [1.54, 1.807) is 7.11 Å². The summed E-state index contributed by atoms with van der Waals surface area (Å²) >= 11 is 0. The molecule has 1 aliphatic heterocycles. The Hall–Kier alpha value is -2.63. The van der Waals surface area contributed by atoms with Crippen molar-refractivity contribution in [3.05, 3.63) is 82.2 Å². The number of methoxy groups -OCH3 is 1. The lowest BCUT2D eigenvalue weighted by atomic mass is 9.49. The van der Waals surface area contributed by atoms with Crippen LogP contribution in [0.15, 0.2) is 48.5 Å². The first-order valence-corrected chi connectivity index (χ1v) is 11.6. The van der Waals surface area contributed by atoms with Crippen LogP contribution in [0.5, 0.6) is 5.75 Å². The summed E-state index contributed by atoms with van der Waals surface area (Å²) in [6.07, 6.45) is 3.29. The van der Waals surface area contributed by atoms with E-state index in [1.165, 1.54) is 27.9 Å². The Morgan fingerprint density at radius 1 is 1.16 bits per heavy atom. The summed E-state index contributed by atoms with van der Waals surface area (Å²) < 4.78 is 7.81. The van der Waals surface area contributed by atoms with Gasteiger partial charge in [-0.3, -0.25) is 4.68 Å². The summed E-state index contributed by atoms with van der Waals surface area (Å²) in [7, 11) is 3.89. The maximum absolute atomic E-state index is 12.5. The lowest BCUT2D eigenvalue weighted by Crippen LogP contribution is -2.73. The molecule has 3 aliphatic rings. The van der Waals surface area contributed by atoms with E-state index in [0.717, 1.165) is 43.8 Å². The van der Waals surface area contributed by atoms with E-state index in [2.05, 4.69) is 72.1 Å². The highest BCUT2D eigenvalue weighted by Crippen LogP contribution is 2.57. The normalized spacial score (nSPS) is 28.6. The van der Waals surface area contributed by atoms with E-state index in [4.69, 9.17) is 9.84 Å². The monoisotopic (exact) mass is 429 g/mol. The largest absolute Gasteiger partial charge is 0.497 e. The molecular weight excluding hydrogens is 398 g/mol. The molecule has 2 aromatic carbocycles. The van der Waals surface area contributed by atoms with Gasteiger partial charge in [-0.15, -0.1) is 0 Å². The first kappa shape index (κ1) is 20.0. The van der Waals surface area contributed by atoms with Gasteiger partial charge in [0.05, 0.1) is 24.9 Å². The minimum atomic E-state index is -0.808. The molecule has 6 rings (SSSR count). The number of rotatable bonds is 3.